The van der Waals surface area contributed by atoms with Gasteiger partial charge >= 0.3 is 0 Å². The van der Waals surface area contributed by atoms with Gasteiger partial charge in [0.15, 0.2) is 5.96 Å². The summed E-state index contributed by atoms with van der Waals surface area (Å²) in [5, 5.41) is 9.18. The van der Waals surface area contributed by atoms with Crippen molar-refractivity contribution in [2.45, 2.75) is 53.1 Å². The van der Waals surface area contributed by atoms with Crippen LogP contribution in [0.3, 0.4) is 0 Å². The van der Waals surface area contributed by atoms with Gasteiger partial charge in [-0.3, -0.25) is 9.79 Å². The van der Waals surface area contributed by atoms with Gasteiger partial charge in [0.1, 0.15) is 0 Å². The maximum atomic E-state index is 11.4. The number of hydrogen-bond donors (Lipinski definition) is 3. The van der Waals surface area contributed by atoms with Gasteiger partial charge in [0.25, 0.3) is 0 Å². The van der Waals surface area contributed by atoms with Crippen molar-refractivity contribution in [1.82, 2.24) is 16.0 Å². The molecule has 0 aliphatic heterocycles. The topological polar surface area (TPSA) is 65.5 Å². The second-order valence-electron chi connectivity index (χ2n) is 4.53. The molecule has 0 aromatic rings. The van der Waals surface area contributed by atoms with Gasteiger partial charge in [-0.25, -0.2) is 0 Å². The first kappa shape index (κ1) is 19.8. The third-order valence-electron chi connectivity index (χ3n) is 1.83. The lowest BCUT2D eigenvalue weighted by atomic mass is 10.3. The molecule has 0 spiro atoms. The minimum absolute atomic E-state index is 0. The molecular formula is C12H27IN4O. The van der Waals surface area contributed by atoms with E-state index in [1.807, 2.05) is 20.8 Å². The first-order valence-corrected chi connectivity index (χ1v) is 6.29. The molecule has 0 fully saturated rings. The van der Waals surface area contributed by atoms with E-state index >= 15 is 0 Å². The molecule has 0 atom stereocenters. The van der Waals surface area contributed by atoms with E-state index in [-0.39, 0.29) is 35.9 Å². The van der Waals surface area contributed by atoms with E-state index in [9.17, 15) is 4.79 Å². The molecule has 0 aliphatic carbocycles. The van der Waals surface area contributed by atoms with Gasteiger partial charge in [-0.1, -0.05) is 0 Å². The number of hydrogen-bond acceptors (Lipinski definition) is 2. The molecule has 1 amide bonds. The molecule has 6 heteroatoms. The first-order chi connectivity index (χ1) is 7.95. The summed E-state index contributed by atoms with van der Waals surface area (Å²) in [5.41, 5.74) is 0. The van der Waals surface area contributed by atoms with Gasteiger partial charge < -0.3 is 16.0 Å². The van der Waals surface area contributed by atoms with Crippen molar-refractivity contribution in [2.24, 2.45) is 4.99 Å². The molecule has 108 valence electrons. The summed E-state index contributed by atoms with van der Waals surface area (Å²) < 4.78 is 0. The lowest BCUT2D eigenvalue weighted by Crippen LogP contribution is -2.41. The van der Waals surface area contributed by atoms with E-state index in [1.54, 1.807) is 0 Å². The number of carbonyl (C=O) groups is 1. The van der Waals surface area contributed by atoms with Crippen molar-refractivity contribution in [1.29, 1.82) is 0 Å². The Kier molecular flexibility index (Phi) is 12.7. The van der Waals surface area contributed by atoms with E-state index in [4.69, 9.17) is 0 Å². The fraction of sp³-hybridized carbons (Fsp3) is 0.833. The highest BCUT2D eigenvalue weighted by molar-refractivity contribution is 14.0. The van der Waals surface area contributed by atoms with Gasteiger partial charge in [-0.15, -0.1) is 24.0 Å². The van der Waals surface area contributed by atoms with Crippen LogP contribution in [0.5, 0.6) is 0 Å². The SMILES string of the molecule is CCNC(=NCCC(=O)NC(C)C)NC(C)C.I. The second-order valence-corrected chi connectivity index (χ2v) is 4.53. The summed E-state index contributed by atoms with van der Waals surface area (Å²) in [7, 11) is 0. The van der Waals surface area contributed by atoms with Crippen LogP contribution >= 0.6 is 24.0 Å². The lowest BCUT2D eigenvalue weighted by Gasteiger charge is -2.14. The van der Waals surface area contributed by atoms with Crippen LogP contribution in [-0.2, 0) is 4.79 Å². The molecule has 18 heavy (non-hydrogen) atoms. The van der Waals surface area contributed by atoms with Crippen molar-refractivity contribution < 1.29 is 4.79 Å². The van der Waals surface area contributed by atoms with Crippen molar-refractivity contribution in [2.75, 3.05) is 13.1 Å². The molecule has 0 aliphatic rings. The fourth-order valence-corrected chi connectivity index (χ4v) is 1.26. The molecule has 3 N–H and O–H groups in total. The second kappa shape index (κ2) is 11.6. The van der Waals surface area contributed by atoms with Crippen LogP contribution in [0.4, 0.5) is 0 Å². The number of amides is 1. The molecule has 0 aromatic carbocycles. The lowest BCUT2D eigenvalue weighted by molar-refractivity contribution is -0.121. The minimum Gasteiger partial charge on any atom is -0.357 e. The standard InChI is InChI=1S/C12H26N4O.HI/c1-6-13-12(16-10(4)5)14-8-7-11(17)15-9(2)3;/h9-10H,6-8H2,1-5H3,(H,15,17)(H2,13,14,16);1H. The number of rotatable bonds is 6. The van der Waals surface area contributed by atoms with Crippen LogP contribution in [0.1, 0.15) is 41.0 Å². The average Bonchev–Trinajstić information content (AvgIpc) is 2.15. The van der Waals surface area contributed by atoms with E-state index in [1.165, 1.54) is 0 Å². The minimum atomic E-state index is 0. The maximum absolute atomic E-state index is 11.4. The van der Waals surface area contributed by atoms with Crippen molar-refractivity contribution in [3.63, 3.8) is 0 Å². The molecule has 0 radical (unpaired) electrons. The van der Waals surface area contributed by atoms with Gasteiger partial charge in [-0.05, 0) is 34.6 Å². The van der Waals surface area contributed by atoms with Crippen LogP contribution in [0, 0.1) is 0 Å². The molecule has 0 saturated carbocycles. The van der Waals surface area contributed by atoms with Crippen molar-refractivity contribution >= 4 is 35.8 Å². The summed E-state index contributed by atoms with van der Waals surface area (Å²) in [6, 6.07) is 0.519. The molecule has 0 unspecified atom stereocenters. The van der Waals surface area contributed by atoms with Gasteiger partial charge in [0.05, 0.1) is 6.54 Å². The monoisotopic (exact) mass is 370 g/mol. The van der Waals surface area contributed by atoms with E-state index < -0.39 is 0 Å². The van der Waals surface area contributed by atoms with Crippen LogP contribution in [0.2, 0.25) is 0 Å². The summed E-state index contributed by atoms with van der Waals surface area (Å²) >= 11 is 0. The van der Waals surface area contributed by atoms with E-state index in [0.29, 0.717) is 19.0 Å². The quantitative estimate of drug-likeness (QED) is 0.377. The smallest absolute Gasteiger partial charge is 0.222 e. The summed E-state index contributed by atoms with van der Waals surface area (Å²) in [6.45, 7) is 11.3. The number of nitrogens with zero attached hydrogens (tertiary/aromatic N) is 1. The number of carbonyl (C=O) groups excluding carboxylic acids is 1. The predicted molar refractivity (Wildman–Crippen MR) is 87.6 cm³/mol. The molecular weight excluding hydrogens is 343 g/mol. The first-order valence-electron chi connectivity index (χ1n) is 6.29. The molecule has 0 saturated heterocycles. The van der Waals surface area contributed by atoms with Crippen LogP contribution < -0.4 is 16.0 Å². The Morgan fingerprint density at radius 2 is 1.67 bits per heavy atom. The van der Waals surface area contributed by atoms with E-state index in [0.717, 1.165) is 12.5 Å². The summed E-state index contributed by atoms with van der Waals surface area (Å²) in [5.74, 6) is 0.809. The third kappa shape index (κ3) is 11.9. The summed E-state index contributed by atoms with van der Waals surface area (Å²) in [4.78, 5) is 15.7. The highest BCUT2D eigenvalue weighted by Gasteiger charge is 2.03. The Morgan fingerprint density at radius 1 is 1.11 bits per heavy atom. The largest absolute Gasteiger partial charge is 0.357 e. The van der Waals surface area contributed by atoms with Crippen LogP contribution in [-0.4, -0.2) is 37.0 Å². The Balaban J connectivity index is 0. The number of nitrogens with one attached hydrogen (secondary N) is 3. The molecule has 5 nitrogen and oxygen atoms in total. The van der Waals surface area contributed by atoms with Crippen LogP contribution in [0.15, 0.2) is 4.99 Å². The molecule has 0 aromatic heterocycles. The maximum Gasteiger partial charge on any atom is 0.222 e. The van der Waals surface area contributed by atoms with Crippen LogP contribution in [0.25, 0.3) is 0 Å². The highest BCUT2D eigenvalue weighted by Crippen LogP contribution is 1.86. The third-order valence-corrected chi connectivity index (χ3v) is 1.83. The predicted octanol–water partition coefficient (Wildman–Crippen LogP) is 1.48. The zero-order chi connectivity index (χ0) is 13.3. The normalized spacial score (nSPS) is 11.2. The average molecular weight is 370 g/mol. The van der Waals surface area contributed by atoms with Crippen molar-refractivity contribution in [3.05, 3.63) is 0 Å². The Morgan fingerprint density at radius 3 is 2.11 bits per heavy atom. The van der Waals surface area contributed by atoms with Crippen molar-refractivity contribution in [3.8, 4) is 0 Å². The number of halogens is 1. The fourth-order valence-electron chi connectivity index (χ4n) is 1.26. The van der Waals surface area contributed by atoms with Gasteiger partial charge in [-0.2, -0.15) is 0 Å². The van der Waals surface area contributed by atoms with Gasteiger partial charge in [0.2, 0.25) is 5.91 Å². The highest BCUT2D eigenvalue weighted by atomic mass is 127. The van der Waals surface area contributed by atoms with E-state index in [2.05, 4.69) is 34.8 Å². The number of aliphatic imine (C=N–C) groups is 1. The number of guanidine groups is 1. The Bertz CT molecular complexity index is 254. The summed E-state index contributed by atoms with van der Waals surface area (Å²) in [6.07, 6.45) is 0.423. The van der Waals surface area contributed by atoms with Gasteiger partial charge in [0, 0.05) is 25.0 Å². The molecule has 0 heterocycles. The Labute approximate surface area is 128 Å². The zero-order valence-electron chi connectivity index (χ0n) is 12.0. The molecule has 0 rings (SSSR count). The molecule has 0 bridgehead atoms. The zero-order valence-corrected chi connectivity index (χ0v) is 14.4. The Hall–Kier alpha value is -0.530.